The molecule has 2 saturated heterocycles. The number of morpholine rings is 1. The lowest BCUT2D eigenvalue weighted by molar-refractivity contribution is 0.0376. The van der Waals surface area contributed by atoms with Gasteiger partial charge in [-0.15, -0.1) is 24.0 Å². The first-order valence-electron chi connectivity index (χ1n) is 10.5. The molecule has 0 amide bonds. The normalized spacial score (nSPS) is 20.7. The van der Waals surface area contributed by atoms with Crippen LogP contribution >= 0.6 is 24.0 Å². The van der Waals surface area contributed by atoms with Gasteiger partial charge in [-0.3, -0.25) is 9.89 Å². The summed E-state index contributed by atoms with van der Waals surface area (Å²) in [6.07, 6.45) is 3.56. The summed E-state index contributed by atoms with van der Waals surface area (Å²) >= 11 is 0. The molecule has 0 bridgehead atoms. The largest absolute Gasteiger partial charge is 0.379 e. The number of nitrogens with zero attached hydrogens (tertiary/aromatic N) is 4. The molecule has 160 valence electrons. The fourth-order valence-electron chi connectivity index (χ4n) is 3.48. The van der Waals surface area contributed by atoms with Gasteiger partial charge in [0.1, 0.15) is 0 Å². The van der Waals surface area contributed by atoms with E-state index in [0.717, 1.165) is 77.8 Å². The molecule has 0 saturated carbocycles. The number of likely N-dealkylation sites (N-methyl/N-ethyl adjacent to an activating group) is 1. The Hall–Kier alpha value is -0.160. The average Bonchev–Trinajstić information content (AvgIpc) is 2.87. The van der Waals surface area contributed by atoms with Crippen LogP contribution in [0, 0.1) is 0 Å². The van der Waals surface area contributed by atoms with E-state index in [4.69, 9.17) is 9.73 Å². The third kappa shape index (κ3) is 11.4. The van der Waals surface area contributed by atoms with Gasteiger partial charge in [-0.2, -0.15) is 0 Å². The highest BCUT2D eigenvalue weighted by molar-refractivity contribution is 14.0. The van der Waals surface area contributed by atoms with Crippen LogP contribution in [0.4, 0.5) is 0 Å². The second-order valence-electron chi connectivity index (χ2n) is 7.35. The summed E-state index contributed by atoms with van der Waals surface area (Å²) in [6, 6.07) is 0. The molecule has 2 N–H and O–H groups in total. The Morgan fingerprint density at radius 1 is 0.926 bits per heavy atom. The van der Waals surface area contributed by atoms with Gasteiger partial charge in [0, 0.05) is 45.8 Å². The van der Waals surface area contributed by atoms with Crippen molar-refractivity contribution in [1.29, 1.82) is 0 Å². The number of aliphatic imine (C=N–C) groups is 1. The molecule has 7 nitrogen and oxygen atoms in total. The fraction of sp³-hybridized carbons (Fsp3) is 0.947. The van der Waals surface area contributed by atoms with E-state index in [9.17, 15) is 0 Å². The van der Waals surface area contributed by atoms with Crippen molar-refractivity contribution in [2.24, 2.45) is 4.99 Å². The Bertz CT molecular complexity index is 392. The summed E-state index contributed by atoms with van der Waals surface area (Å²) in [6.45, 7) is 15.9. The molecule has 2 aliphatic rings. The van der Waals surface area contributed by atoms with Crippen LogP contribution in [-0.4, -0.2) is 113 Å². The summed E-state index contributed by atoms with van der Waals surface area (Å²) in [4.78, 5) is 12.2. The van der Waals surface area contributed by atoms with Crippen molar-refractivity contribution in [1.82, 2.24) is 25.3 Å². The third-order valence-electron chi connectivity index (χ3n) is 5.11. The van der Waals surface area contributed by atoms with Gasteiger partial charge in [0.15, 0.2) is 5.96 Å². The second-order valence-corrected chi connectivity index (χ2v) is 7.35. The Balaban J connectivity index is 0.00000364. The molecule has 27 heavy (non-hydrogen) atoms. The SMILES string of the molecule is CCNC(=NCCCN1CCCN(C)CC1)NCCCN1CCOCC1.I. The average molecular weight is 496 g/mol. The van der Waals surface area contributed by atoms with Crippen molar-refractivity contribution in [2.75, 3.05) is 92.3 Å². The van der Waals surface area contributed by atoms with Crippen molar-refractivity contribution in [2.45, 2.75) is 26.2 Å². The predicted molar refractivity (Wildman–Crippen MR) is 124 cm³/mol. The Kier molecular flexibility index (Phi) is 14.5. The minimum Gasteiger partial charge on any atom is -0.379 e. The van der Waals surface area contributed by atoms with Crippen molar-refractivity contribution in [3.05, 3.63) is 0 Å². The lowest BCUT2D eigenvalue weighted by Crippen LogP contribution is -2.40. The van der Waals surface area contributed by atoms with Crippen LogP contribution in [0.2, 0.25) is 0 Å². The van der Waals surface area contributed by atoms with Crippen LogP contribution in [0.3, 0.4) is 0 Å². The number of rotatable bonds is 9. The van der Waals surface area contributed by atoms with Gasteiger partial charge in [0.25, 0.3) is 0 Å². The second kappa shape index (κ2) is 15.7. The Labute approximate surface area is 183 Å². The van der Waals surface area contributed by atoms with Gasteiger partial charge in [0.2, 0.25) is 0 Å². The van der Waals surface area contributed by atoms with E-state index >= 15 is 0 Å². The van der Waals surface area contributed by atoms with Crippen LogP contribution in [0.5, 0.6) is 0 Å². The van der Waals surface area contributed by atoms with E-state index in [-0.39, 0.29) is 24.0 Å². The molecule has 0 aromatic carbocycles. The van der Waals surface area contributed by atoms with Gasteiger partial charge in [0.05, 0.1) is 13.2 Å². The number of ether oxygens (including phenoxy) is 1. The van der Waals surface area contributed by atoms with Gasteiger partial charge in [-0.1, -0.05) is 0 Å². The maximum Gasteiger partial charge on any atom is 0.191 e. The zero-order chi connectivity index (χ0) is 18.5. The van der Waals surface area contributed by atoms with Crippen LogP contribution in [0.15, 0.2) is 4.99 Å². The van der Waals surface area contributed by atoms with Crippen LogP contribution in [0.1, 0.15) is 26.2 Å². The number of halogens is 1. The van der Waals surface area contributed by atoms with E-state index in [1.807, 2.05) is 0 Å². The molecule has 0 atom stereocenters. The van der Waals surface area contributed by atoms with Crippen molar-refractivity contribution in [3.8, 4) is 0 Å². The smallest absolute Gasteiger partial charge is 0.191 e. The predicted octanol–water partition coefficient (Wildman–Crippen LogP) is 0.909. The number of nitrogens with one attached hydrogen (secondary N) is 2. The summed E-state index contributed by atoms with van der Waals surface area (Å²) < 4.78 is 5.39. The summed E-state index contributed by atoms with van der Waals surface area (Å²) in [7, 11) is 2.22. The molecule has 0 aromatic rings. The Morgan fingerprint density at radius 3 is 2.44 bits per heavy atom. The molecular weight excluding hydrogens is 455 g/mol. The van der Waals surface area contributed by atoms with Crippen molar-refractivity contribution in [3.63, 3.8) is 0 Å². The minimum absolute atomic E-state index is 0. The van der Waals surface area contributed by atoms with Crippen molar-refractivity contribution >= 4 is 29.9 Å². The molecule has 2 heterocycles. The molecule has 8 heteroatoms. The van der Waals surface area contributed by atoms with E-state index in [1.165, 1.54) is 32.6 Å². The van der Waals surface area contributed by atoms with E-state index in [0.29, 0.717) is 0 Å². The first kappa shape index (κ1) is 24.9. The monoisotopic (exact) mass is 496 g/mol. The maximum absolute atomic E-state index is 5.39. The highest BCUT2D eigenvalue weighted by atomic mass is 127. The fourth-order valence-corrected chi connectivity index (χ4v) is 3.48. The highest BCUT2D eigenvalue weighted by Crippen LogP contribution is 2.02. The first-order valence-corrected chi connectivity index (χ1v) is 10.5. The lowest BCUT2D eigenvalue weighted by Gasteiger charge is -2.26. The highest BCUT2D eigenvalue weighted by Gasteiger charge is 2.11. The molecule has 0 unspecified atom stereocenters. The molecule has 0 radical (unpaired) electrons. The van der Waals surface area contributed by atoms with Crippen LogP contribution in [0.25, 0.3) is 0 Å². The molecule has 2 fully saturated rings. The molecule has 0 spiro atoms. The van der Waals surface area contributed by atoms with E-state index in [2.05, 4.69) is 39.3 Å². The molecular formula is C19H41IN6O. The standard InChI is InChI=1S/C19H40N6O.HI/c1-3-20-19(22-8-5-11-25-15-17-26-18-16-25)21-7-4-10-24-12-6-9-23(2)13-14-24;/h3-18H2,1-2H3,(H2,20,21,22);1H. The van der Waals surface area contributed by atoms with E-state index in [1.54, 1.807) is 0 Å². The first-order chi connectivity index (χ1) is 12.8. The lowest BCUT2D eigenvalue weighted by atomic mass is 10.3. The number of hydrogen-bond acceptors (Lipinski definition) is 5. The van der Waals surface area contributed by atoms with Crippen molar-refractivity contribution < 1.29 is 4.74 Å². The van der Waals surface area contributed by atoms with Gasteiger partial charge >= 0.3 is 0 Å². The number of guanidine groups is 1. The van der Waals surface area contributed by atoms with Gasteiger partial charge in [-0.25, -0.2) is 0 Å². The summed E-state index contributed by atoms with van der Waals surface area (Å²) in [5.41, 5.74) is 0. The topological polar surface area (TPSA) is 55.4 Å². The van der Waals surface area contributed by atoms with E-state index < -0.39 is 0 Å². The van der Waals surface area contributed by atoms with Gasteiger partial charge in [-0.05, 0) is 59.4 Å². The Morgan fingerprint density at radius 2 is 1.67 bits per heavy atom. The number of hydrogen-bond donors (Lipinski definition) is 2. The molecule has 0 aliphatic carbocycles. The maximum atomic E-state index is 5.39. The van der Waals surface area contributed by atoms with Crippen LogP contribution < -0.4 is 10.6 Å². The van der Waals surface area contributed by atoms with Gasteiger partial charge < -0.3 is 25.2 Å². The molecule has 0 aromatic heterocycles. The quantitative estimate of drug-likeness (QED) is 0.214. The summed E-state index contributed by atoms with van der Waals surface area (Å²) in [5, 5.41) is 6.84. The molecule has 2 aliphatic heterocycles. The van der Waals surface area contributed by atoms with Crippen LogP contribution in [-0.2, 0) is 4.74 Å². The minimum atomic E-state index is 0. The summed E-state index contributed by atoms with van der Waals surface area (Å²) in [5.74, 6) is 0.963. The zero-order valence-corrected chi connectivity index (χ0v) is 19.7. The zero-order valence-electron chi connectivity index (χ0n) is 17.4. The molecule has 2 rings (SSSR count). The third-order valence-corrected chi connectivity index (χ3v) is 5.11.